The molecule has 5 aromatic rings. The summed E-state index contributed by atoms with van der Waals surface area (Å²) in [6, 6.07) is 18.3. The van der Waals surface area contributed by atoms with E-state index < -0.39 is 21.6 Å². The van der Waals surface area contributed by atoms with Crippen LogP contribution in [0.15, 0.2) is 76.0 Å². The molecular weight excluding hydrogens is 639 g/mol. The second kappa shape index (κ2) is 12.2. The monoisotopic (exact) mass is 666 g/mol. The third-order valence-electron chi connectivity index (χ3n) is 8.37. The molecule has 2 aliphatic rings. The summed E-state index contributed by atoms with van der Waals surface area (Å²) < 4.78 is 36.3. The van der Waals surface area contributed by atoms with Crippen LogP contribution in [0.4, 0.5) is 4.79 Å². The molecule has 1 saturated carbocycles. The van der Waals surface area contributed by atoms with Gasteiger partial charge in [0.1, 0.15) is 5.69 Å². The summed E-state index contributed by atoms with van der Waals surface area (Å²) in [5.74, 6) is 0.853. The third-order valence-corrected chi connectivity index (χ3v) is 9.89. The summed E-state index contributed by atoms with van der Waals surface area (Å²) in [4.78, 5) is 27.8. The number of hydrogen-bond donors (Lipinski definition) is 1. The van der Waals surface area contributed by atoms with Crippen molar-refractivity contribution in [1.82, 2.24) is 25.0 Å². The van der Waals surface area contributed by atoms with E-state index in [-0.39, 0.29) is 40.4 Å². The molecule has 230 valence electrons. The topological polar surface area (TPSA) is 142 Å². The van der Waals surface area contributed by atoms with Gasteiger partial charge in [-0.25, -0.2) is 8.42 Å². The average molecular weight is 667 g/mol. The van der Waals surface area contributed by atoms with Crippen LogP contribution in [0.1, 0.15) is 40.3 Å². The SMILES string of the molecule is Cc1nnc(-c2ccc3c(c2)c2c(n3-c3ccc(CC4(NC(=O)[N-]S(=O)(=O)c5ccc(Cl)cc5)CC4)cc3)C(=O)N(C)CC2)o1.[Na+]. The van der Waals surface area contributed by atoms with Crippen LogP contribution < -0.4 is 34.9 Å². The normalized spacial score (nSPS) is 15.3. The number of amides is 3. The molecule has 46 heavy (non-hydrogen) atoms. The van der Waals surface area contributed by atoms with E-state index in [0.29, 0.717) is 54.7 Å². The second-order valence-electron chi connectivity index (χ2n) is 11.6. The van der Waals surface area contributed by atoms with Gasteiger partial charge in [-0.05, 0) is 96.9 Å². The van der Waals surface area contributed by atoms with Crippen molar-refractivity contribution in [2.24, 2.45) is 0 Å². The number of sulfonamides is 1. The standard InChI is InChI=1S/C32H29ClN6O5S.Na/c1-19-35-36-29(44-19)21-5-12-27-26(17-21)25-13-16-38(2)30(40)28(25)39(27)23-8-3-20(4-9-23)18-32(14-15-32)34-31(41)37-45(42,43)24-10-6-22(33)7-11-24;/h3-12,17H,13-16,18H2,1-2H3,(H2,34,37,41);/q;+1/p-1. The molecule has 14 heteroatoms. The first-order chi connectivity index (χ1) is 21.5. The van der Waals surface area contributed by atoms with Gasteiger partial charge in [-0.3, -0.25) is 9.59 Å². The maximum absolute atomic E-state index is 13.5. The van der Waals surface area contributed by atoms with Gasteiger partial charge in [0.05, 0.1) is 10.4 Å². The van der Waals surface area contributed by atoms with E-state index in [1.54, 1.807) is 18.9 Å². The van der Waals surface area contributed by atoms with Gasteiger partial charge in [-0.15, -0.1) is 10.2 Å². The van der Waals surface area contributed by atoms with E-state index in [1.807, 2.05) is 47.0 Å². The van der Waals surface area contributed by atoms with E-state index in [0.717, 1.165) is 33.3 Å². The van der Waals surface area contributed by atoms with E-state index in [4.69, 9.17) is 16.0 Å². The van der Waals surface area contributed by atoms with Crippen molar-refractivity contribution in [3.63, 3.8) is 0 Å². The Kier molecular flexibility index (Phi) is 8.53. The number of hydrogen-bond acceptors (Lipinski definition) is 7. The van der Waals surface area contributed by atoms with Crippen molar-refractivity contribution in [3.05, 3.63) is 99.2 Å². The first-order valence-corrected chi connectivity index (χ1v) is 16.2. The number of carbonyl (C=O) groups excluding carboxylic acids is 2. The first kappa shape index (κ1) is 32.3. The molecule has 1 aliphatic heterocycles. The Morgan fingerprint density at radius 1 is 1.07 bits per heavy atom. The third kappa shape index (κ3) is 6.07. The average Bonchev–Trinajstić information content (AvgIpc) is 3.46. The molecule has 0 unspecified atom stereocenters. The van der Waals surface area contributed by atoms with Crippen LogP contribution in [0.5, 0.6) is 0 Å². The molecule has 2 aromatic heterocycles. The number of fused-ring (bicyclic) bond motifs is 3. The number of rotatable bonds is 7. The molecule has 3 aromatic carbocycles. The number of nitrogens with one attached hydrogen (secondary N) is 1. The Hall–Kier alpha value is -3.68. The van der Waals surface area contributed by atoms with Gasteiger partial charge in [0.15, 0.2) is 6.03 Å². The Morgan fingerprint density at radius 3 is 2.43 bits per heavy atom. The van der Waals surface area contributed by atoms with Gasteiger partial charge >= 0.3 is 29.6 Å². The fourth-order valence-electron chi connectivity index (χ4n) is 5.88. The smallest absolute Gasteiger partial charge is 0.443 e. The Morgan fingerprint density at radius 2 is 1.78 bits per heavy atom. The molecule has 7 rings (SSSR count). The molecule has 0 bridgehead atoms. The van der Waals surface area contributed by atoms with Crippen molar-refractivity contribution in [1.29, 1.82) is 0 Å². The van der Waals surface area contributed by atoms with Crippen LogP contribution in [0.25, 0.3) is 32.8 Å². The predicted octanol–water partition coefficient (Wildman–Crippen LogP) is 2.82. The summed E-state index contributed by atoms with van der Waals surface area (Å²) in [6.07, 6.45) is 2.63. The van der Waals surface area contributed by atoms with E-state index >= 15 is 0 Å². The van der Waals surface area contributed by atoms with Gasteiger partial charge < -0.3 is 23.9 Å². The Bertz CT molecular complexity index is 2090. The second-order valence-corrected chi connectivity index (χ2v) is 13.6. The van der Waals surface area contributed by atoms with Crippen LogP contribution in [0.3, 0.4) is 0 Å². The van der Waals surface area contributed by atoms with Crippen LogP contribution in [-0.2, 0) is 22.9 Å². The minimum atomic E-state index is -4.17. The zero-order chi connectivity index (χ0) is 31.5. The molecule has 3 amide bonds. The minimum Gasteiger partial charge on any atom is -0.443 e. The molecule has 0 saturated heterocycles. The number of aromatic nitrogens is 3. The Balaban J connectivity index is 0.00000372. The summed E-state index contributed by atoms with van der Waals surface area (Å²) in [5, 5.41) is 12.3. The molecule has 0 spiro atoms. The zero-order valence-corrected chi connectivity index (χ0v) is 29.0. The van der Waals surface area contributed by atoms with Crippen LogP contribution in [0, 0.1) is 6.92 Å². The molecule has 11 nitrogen and oxygen atoms in total. The molecule has 0 atom stereocenters. The van der Waals surface area contributed by atoms with Gasteiger partial charge in [0, 0.05) is 42.2 Å². The number of urea groups is 1. The fourth-order valence-corrected chi connectivity index (χ4v) is 6.85. The number of likely N-dealkylation sites (N-methyl/N-ethyl adjacent to an activating group) is 1. The number of benzene rings is 3. The quantitative estimate of drug-likeness (QED) is 0.263. The Labute approximate surface area is 292 Å². The van der Waals surface area contributed by atoms with Gasteiger partial charge in [0.25, 0.3) is 5.91 Å². The van der Waals surface area contributed by atoms with E-state index in [1.165, 1.54) is 24.3 Å². The van der Waals surface area contributed by atoms with Crippen molar-refractivity contribution >= 4 is 44.5 Å². The fraction of sp³-hybridized carbons (Fsp3) is 0.250. The number of carbonyl (C=O) groups is 2. The number of aryl methyl sites for hydroxylation is 1. The molecule has 1 fully saturated rings. The molecular formula is C32H28ClN6NaO5S. The van der Waals surface area contributed by atoms with Crippen LogP contribution >= 0.6 is 11.6 Å². The molecule has 0 radical (unpaired) electrons. The van der Waals surface area contributed by atoms with Gasteiger partial charge in [-0.1, -0.05) is 23.7 Å². The molecule has 3 heterocycles. The number of halogens is 1. The van der Waals surface area contributed by atoms with Crippen molar-refractivity contribution < 1.29 is 52.0 Å². The van der Waals surface area contributed by atoms with Crippen LogP contribution in [0.2, 0.25) is 5.02 Å². The first-order valence-electron chi connectivity index (χ1n) is 14.4. The van der Waals surface area contributed by atoms with E-state index in [9.17, 15) is 18.0 Å². The zero-order valence-electron chi connectivity index (χ0n) is 25.4. The summed E-state index contributed by atoms with van der Waals surface area (Å²) in [5.41, 5.74) is 4.50. The summed E-state index contributed by atoms with van der Waals surface area (Å²) in [7, 11) is -2.36. The molecule has 1 N–H and O–H groups in total. The van der Waals surface area contributed by atoms with Crippen molar-refractivity contribution in [2.45, 2.75) is 43.0 Å². The minimum absolute atomic E-state index is 0. The van der Waals surface area contributed by atoms with Gasteiger partial charge in [-0.2, -0.15) is 0 Å². The maximum atomic E-state index is 13.5. The summed E-state index contributed by atoms with van der Waals surface area (Å²) >= 11 is 5.85. The maximum Gasteiger partial charge on any atom is 1.00 e. The summed E-state index contributed by atoms with van der Waals surface area (Å²) in [6.45, 7) is 2.36. The van der Waals surface area contributed by atoms with E-state index in [2.05, 4.69) is 20.2 Å². The van der Waals surface area contributed by atoms with Crippen LogP contribution in [-0.4, -0.2) is 59.2 Å². The number of nitrogens with zero attached hydrogens (tertiary/aromatic N) is 5. The molecule has 1 aliphatic carbocycles. The predicted molar refractivity (Wildman–Crippen MR) is 168 cm³/mol. The van der Waals surface area contributed by atoms with Gasteiger partial charge in [0.2, 0.25) is 21.8 Å². The largest absolute Gasteiger partial charge is 1.00 e. The van der Waals surface area contributed by atoms with Crippen molar-refractivity contribution in [2.75, 3.05) is 13.6 Å². The van der Waals surface area contributed by atoms with Crippen molar-refractivity contribution in [3.8, 4) is 17.1 Å².